The van der Waals surface area contributed by atoms with E-state index in [0.29, 0.717) is 35.8 Å². The Morgan fingerprint density at radius 1 is 1.16 bits per heavy atom. The second-order valence-corrected chi connectivity index (χ2v) is 9.80. The number of anilines is 1. The Kier molecular flexibility index (Phi) is 5.96. The number of benzene rings is 1. The highest BCUT2D eigenvalue weighted by atomic mass is 19.1. The molecule has 0 saturated carbocycles. The molecule has 10 heteroatoms. The van der Waals surface area contributed by atoms with Crippen LogP contribution in [0, 0.1) is 11.7 Å². The van der Waals surface area contributed by atoms with Crippen molar-refractivity contribution in [1.29, 1.82) is 0 Å². The molecule has 0 saturated heterocycles. The second-order valence-electron chi connectivity index (χ2n) is 9.80. The first-order valence-electron chi connectivity index (χ1n) is 12.5. The van der Waals surface area contributed by atoms with Crippen LogP contribution in [0.25, 0.3) is 22.6 Å². The third-order valence-corrected chi connectivity index (χ3v) is 6.98. The highest BCUT2D eigenvalue weighted by molar-refractivity contribution is 6.06. The minimum atomic E-state index is -0.451. The molecule has 0 unspecified atom stereocenters. The number of carbonyl (C=O) groups excluding carboxylic acids is 1. The zero-order valence-corrected chi connectivity index (χ0v) is 20.8. The lowest BCUT2D eigenvalue weighted by Gasteiger charge is -2.24. The number of imidazole rings is 1. The molecule has 3 aromatic heterocycles. The Bertz CT molecular complexity index is 1480. The van der Waals surface area contributed by atoms with E-state index >= 15 is 4.39 Å². The summed E-state index contributed by atoms with van der Waals surface area (Å²) in [4.78, 5) is 24.8. The molecule has 6 rings (SSSR count). The molecule has 0 spiro atoms. The molecule has 2 aliphatic heterocycles. The summed E-state index contributed by atoms with van der Waals surface area (Å²) in [5.74, 6) is 0.711. The molecule has 1 amide bonds. The molecular weight excluding hydrogens is 473 g/mol. The molecule has 1 N–H and O–H groups in total. The van der Waals surface area contributed by atoms with E-state index in [1.54, 1.807) is 24.5 Å². The predicted octanol–water partition coefficient (Wildman–Crippen LogP) is 4.06. The number of rotatable bonds is 1. The van der Waals surface area contributed by atoms with E-state index in [9.17, 15) is 4.79 Å². The lowest BCUT2D eigenvalue weighted by atomic mass is 10.0. The van der Waals surface area contributed by atoms with Gasteiger partial charge in [0.15, 0.2) is 5.82 Å². The summed E-state index contributed by atoms with van der Waals surface area (Å²) in [5, 5.41) is 7.32. The molecule has 9 nitrogen and oxygen atoms in total. The molecule has 2 bridgehead atoms. The number of carbonyl (C=O) groups is 1. The molecule has 0 aliphatic carbocycles. The van der Waals surface area contributed by atoms with E-state index in [2.05, 4.69) is 32.2 Å². The van der Waals surface area contributed by atoms with Crippen molar-refractivity contribution in [2.24, 2.45) is 5.92 Å². The summed E-state index contributed by atoms with van der Waals surface area (Å²) in [6.07, 6.45) is 6.07. The maximum atomic E-state index is 15.5. The van der Waals surface area contributed by atoms with E-state index in [1.807, 2.05) is 34.6 Å². The van der Waals surface area contributed by atoms with Crippen molar-refractivity contribution in [2.75, 3.05) is 25.5 Å². The van der Waals surface area contributed by atoms with E-state index in [0.717, 1.165) is 37.6 Å². The van der Waals surface area contributed by atoms with Crippen molar-refractivity contribution in [3.05, 3.63) is 66.0 Å². The smallest absolute Gasteiger partial charge is 0.260 e. The minimum Gasteiger partial charge on any atom is -0.493 e. The lowest BCUT2D eigenvalue weighted by Crippen LogP contribution is -2.30. The average molecular weight is 502 g/mol. The highest BCUT2D eigenvalue weighted by Crippen LogP contribution is 2.34. The van der Waals surface area contributed by atoms with Gasteiger partial charge >= 0.3 is 0 Å². The van der Waals surface area contributed by atoms with Gasteiger partial charge in [-0.2, -0.15) is 5.10 Å². The van der Waals surface area contributed by atoms with Crippen LogP contribution in [0.3, 0.4) is 0 Å². The molecule has 1 aromatic carbocycles. The van der Waals surface area contributed by atoms with Crippen LogP contribution in [0.1, 0.15) is 29.4 Å². The van der Waals surface area contributed by atoms with Gasteiger partial charge < -0.3 is 14.6 Å². The Hall–Kier alpha value is -4.05. The summed E-state index contributed by atoms with van der Waals surface area (Å²) in [6.45, 7) is 5.47. The summed E-state index contributed by atoms with van der Waals surface area (Å²) < 4.78 is 25.5. The first kappa shape index (κ1) is 23.4. The van der Waals surface area contributed by atoms with E-state index in [-0.39, 0.29) is 17.2 Å². The number of pyridine rings is 1. The number of nitrogens with one attached hydrogen (secondary N) is 1. The van der Waals surface area contributed by atoms with Crippen molar-refractivity contribution in [2.45, 2.75) is 33.0 Å². The molecule has 5 heterocycles. The topological polar surface area (TPSA) is 90.1 Å². The summed E-state index contributed by atoms with van der Waals surface area (Å²) in [5.41, 5.74) is 2.85. The number of amides is 1. The van der Waals surface area contributed by atoms with Crippen LogP contribution in [0.15, 0.2) is 48.9 Å². The zero-order valence-electron chi connectivity index (χ0n) is 20.8. The summed E-state index contributed by atoms with van der Waals surface area (Å²) in [6, 6.07) is 8.30. The number of aromatic nitrogens is 5. The number of halogens is 1. The van der Waals surface area contributed by atoms with Crippen LogP contribution in [0.5, 0.6) is 5.75 Å². The van der Waals surface area contributed by atoms with Gasteiger partial charge in [0.25, 0.3) is 5.91 Å². The molecule has 4 aromatic rings. The molecule has 37 heavy (non-hydrogen) atoms. The van der Waals surface area contributed by atoms with Gasteiger partial charge in [-0.05, 0) is 37.6 Å². The Morgan fingerprint density at radius 3 is 2.95 bits per heavy atom. The maximum Gasteiger partial charge on any atom is 0.260 e. The molecule has 2 aliphatic rings. The van der Waals surface area contributed by atoms with Crippen molar-refractivity contribution in [3.8, 4) is 28.4 Å². The largest absolute Gasteiger partial charge is 0.493 e. The monoisotopic (exact) mass is 501 g/mol. The van der Waals surface area contributed by atoms with Gasteiger partial charge in [0.05, 0.1) is 30.6 Å². The molecule has 190 valence electrons. The molecule has 1 atom stereocenters. The van der Waals surface area contributed by atoms with Gasteiger partial charge in [0, 0.05) is 49.2 Å². The van der Waals surface area contributed by atoms with Gasteiger partial charge in [-0.25, -0.2) is 14.4 Å². The lowest BCUT2D eigenvalue weighted by molar-refractivity contribution is 0.102. The average Bonchev–Trinajstić information content (AvgIpc) is 3.50. The van der Waals surface area contributed by atoms with Gasteiger partial charge in [0.2, 0.25) is 0 Å². The third-order valence-electron chi connectivity index (χ3n) is 6.98. The fourth-order valence-electron chi connectivity index (χ4n) is 4.95. The Labute approximate surface area is 213 Å². The van der Waals surface area contributed by atoms with Crippen LogP contribution >= 0.6 is 0 Å². The van der Waals surface area contributed by atoms with Crippen molar-refractivity contribution in [1.82, 2.24) is 29.2 Å². The number of hydrogen-bond acceptors (Lipinski definition) is 6. The number of nitrogens with zero attached hydrogens (tertiary/aromatic N) is 6. The maximum absolute atomic E-state index is 15.5. The van der Waals surface area contributed by atoms with E-state index in [4.69, 9.17) is 4.74 Å². The van der Waals surface area contributed by atoms with Crippen LogP contribution in [0.4, 0.5) is 10.2 Å². The summed E-state index contributed by atoms with van der Waals surface area (Å²) >= 11 is 0. The number of hydrogen-bond donors (Lipinski definition) is 1. The predicted molar refractivity (Wildman–Crippen MR) is 137 cm³/mol. The first-order valence-corrected chi connectivity index (χ1v) is 12.5. The van der Waals surface area contributed by atoms with Gasteiger partial charge in [-0.1, -0.05) is 13.0 Å². The minimum absolute atomic E-state index is 0.209. The SMILES string of the molecule is C[C@H]1CCOc2cc(F)c(-c3cnn4c3CN(C)CC4)cc2C(=O)Nc2cccc(n2)-c2nccn2C1. The van der Waals surface area contributed by atoms with Crippen LogP contribution < -0.4 is 10.1 Å². The van der Waals surface area contributed by atoms with Crippen molar-refractivity contribution < 1.29 is 13.9 Å². The normalized spacial score (nSPS) is 18.1. The summed E-state index contributed by atoms with van der Waals surface area (Å²) in [7, 11) is 2.02. The highest BCUT2D eigenvalue weighted by Gasteiger charge is 2.25. The number of fused-ring (bicyclic) bond motifs is 6. The van der Waals surface area contributed by atoms with Crippen LogP contribution in [0.2, 0.25) is 0 Å². The first-order chi connectivity index (χ1) is 18.0. The third kappa shape index (κ3) is 4.48. The Morgan fingerprint density at radius 2 is 2.05 bits per heavy atom. The fraction of sp³-hybridized carbons (Fsp3) is 0.333. The zero-order chi connectivity index (χ0) is 25.5. The van der Waals surface area contributed by atoms with Gasteiger partial charge in [-0.3, -0.25) is 14.4 Å². The van der Waals surface area contributed by atoms with Crippen molar-refractivity contribution in [3.63, 3.8) is 0 Å². The molecule has 0 fully saturated rings. The quantitative estimate of drug-likeness (QED) is 0.423. The van der Waals surface area contributed by atoms with Crippen LogP contribution in [-0.4, -0.2) is 55.3 Å². The van der Waals surface area contributed by atoms with Gasteiger partial charge in [-0.15, -0.1) is 0 Å². The van der Waals surface area contributed by atoms with E-state index in [1.165, 1.54) is 6.07 Å². The number of ether oxygens (including phenoxy) is 1. The van der Waals surface area contributed by atoms with E-state index < -0.39 is 11.7 Å². The van der Waals surface area contributed by atoms with Crippen LogP contribution in [-0.2, 0) is 19.6 Å². The second kappa shape index (κ2) is 9.44. The standard InChI is InChI=1S/C27H28FN7O2/c1-17-6-11-37-24-13-21(28)18(20-14-30-35-10-9-33(2)16-23(20)35)12-19(24)27(36)32-25-5-3-4-22(31-25)26-29-7-8-34(26)15-17/h3-5,7-8,12-14,17H,6,9-11,15-16H2,1-2H3,(H,31,32,36)/t17-/m0/s1. The van der Waals surface area contributed by atoms with Crippen molar-refractivity contribution >= 4 is 11.7 Å². The molecular formula is C27H28FN7O2. The number of likely N-dealkylation sites (N-methyl/N-ethyl adjacent to an activating group) is 1. The molecule has 0 radical (unpaired) electrons. The Balaban J connectivity index is 1.42. The van der Waals surface area contributed by atoms with Gasteiger partial charge in [0.1, 0.15) is 23.1 Å². The fourth-order valence-corrected chi connectivity index (χ4v) is 4.95.